The van der Waals surface area contributed by atoms with Crippen LogP contribution in [-0.4, -0.2) is 63.9 Å². The zero-order valence-corrected chi connectivity index (χ0v) is 28.2. The summed E-state index contributed by atoms with van der Waals surface area (Å²) in [6.07, 6.45) is 4.22. The molecule has 0 bridgehead atoms. The van der Waals surface area contributed by atoms with Gasteiger partial charge < -0.3 is 19.7 Å². The van der Waals surface area contributed by atoms with E-state index in [9.17, 15) is 34.4 Å². The first-order valence-corrected chi connectivity index (χ1v) is 14.9. The Labute approximate surface area is 271 Å². The third-order valence-corrected chi connectivity index (χ3v) is 8.37. The van der Waals surface area contributed by atoms with Crippen molar-refractivity contribution in [3.63, 3.8) is 0 Å². The molecule has 12 nitrogen and oxygen atoms in total. The van der Waals surface area contributed by atoms with E-state index in [1.807, 2.05) is 0 Å². The molecule has 0 amide bonds. The summed E-state index contributed by atoms with van der Waals surface area (Å²) in [6, 6.07) is 7.36. The maximum Gasteiger partial charge on any atom is 1.00 e. The molecule has 3 N–H and O–H groups in total. The number of nitrogens with zero attached hydrogens (tertiary/aromatic N) is 1. The smallest absolute Gasteiger partial charge is 0.744 e. The van der Waals surface area contributed by atoms with Crippen molar-refractivity contribution in [2.24, 2.45) is 0 Å². The van der Waals surface area contributed by atoms with Gasteiger partial charge in [0.1, 0.15) is 20.2 Å². The van der Waals surface area contributed by atoms with Gasteiger partial charge in [-0.05, 0) is 60.5 Å². The molecule has 1 saturated carbocycles. The first-order chi connectivity index (χ1) is 16.6. The maximum atomic E-state index is 12.0. The Morgan fingerprint density at radius 3 is 1.74 bits per heavy atom. The molecule has 0 radical (unpaired) electrons. The zero-order valence-electron chi connectivity index (χ0n) is 21.0. The van der Waals surface area contributed by atoms with Gasteiger partial charge in [-0.15, -0.1) is 0 Å². The summed E-state index contributed by atoms with van der Waals surface area (Å²) in [7, 11) is -11.5. The maximum absolute atomic E-state index is 12.0. The van der Waals surface area contributed by atoms with Crippen LogP contribution in [0.3, 0.4) is 0 Å². The molecule has 0 spiro atoms. The monoisotopic (exact) mass is 620 g/mol. The second-order valence-corrected chi connectivity index (χ2v) is 13.0. The van der Waals surface area contributed by atoms with Gasteiger partial charge in [0.05, 0.1) is 15.5 Å². The molecule has 0 aromatic heterocycles. The number of hydrogen-bond donors (Lipinski definition) is 3. The summed E-state index contributed by atoms with van der Waals surface area (Å²) in [6.45, 7) is 0. The average molecular weight is 621 g/mol. The fourth-order valence-corrected chi connectivity index (χ4v) is 5.20. The molecule has 0 heterocycles. The van der Waals surface area contributed by atoms with Gasteiger partial charge in [-0.25, -0.2) is 16.8 Å². The molecule has 18 heteroatoms. The second kappa shape index (κ2) is 13.8. The third kappa shape index (κ3) is 10.1. The molecule has 2 aromatic rings. The van der Waals surface area contributed by atoms with Crippen molar-refractivity contribution in [1.29, 1.82) is 0 Å². The molecule has 0 unspecified atom stereocenters. The Morgan fingerprint density at radius 2 is 1.32 bits per heavy atom. The predicted octanol–water partition coefficient (Wildman–Crippen LogP) is -4.66. The molecule has 2 aromatic carbocycles. The van der Waals surface area contributed by atoms with Crippen molar-refractivity contribution < 1.29 is 93.5 Å². The predicted molar refractivity (Wildman–Crippen MR) is 136 cm³/mol. The number of anilines is 2. The summed E-state index contributed by atoms with van der Waals surface area (Å²) in [5.41, 5.74) is -0.142. The van der Waals surface area contributed by atoms with E-state index in [4.69, 9.17) is 12.2 Å². The zero-order chi connectivity index (χ0) is 26.9. The van der Waals surface area contributed by atoms with Crippen molar-refractivity contribution in [1.82, 2.24) is 9.62 Å². The van der Waals surface area contributed by atoms with Gasteiger partial charge in [-0.2, -0.15) is 12.7 Å². The van der Waals surface area contributed by atoms with Gasteiger partial charge in [0.15, 0.2) is 5.11 Å². The van der Waals surface area contributed by atoms with Crippen LogP contribution in [0.2, 0.25) is 0 Å². The summed E-state index contributed by atoms with van der Waals surface area (Å²) in [5.74, 6) is 0. The minimum atomic E-state index is -5.06. The Kier molecular flexibility index (Phi) is 12.9. The van der Waals surface area contributed by atoms with Crippen molar-refractivity contribution in [2.45, 2.75) is 28.7 Å². The van der Waals surface area contributed by atoms with Crippen molar-refractivity contribution in [3.05, 3.63) is 47.5 Å². The topological polar surface area (TPSA) is 188 Å². The van der Waals surface area contributed by atoms with E-state index >= 15 is 0 Å². The van der Waals surface area contributed by atoms with Gasteiger partial charge >= 0.3 is 69.3 Å². The van der Waals surface area contributed by atoms with Crippen LogP contribution in [0.25, 0.3) is 12.2 Å². The number of hydrogen-bond acceptors (Lipinski definition) is 9. The van der Waals surface area contributed by atoms with Crippen molar-refractivity contribution in [2.75, 3.05) is 24.1 Å². The van der Waals surface area contributed by atoms with Gasteiger partial charge in [0, 0.05) is 25.8 Å². The first-order valence-electron chi connectivity index (χ1n) is 10.2. The molecule has 0 atom stereocenters. The minimum Gasteiger partial charge on any atom is -0.744 e. The molecular formula is C20H22N4Na2O8S4. The van der Waals surface area contributed by atoms with E-state index in [0.717, 1.165) is 47.5 Å². The fourth-order valence-electron chi connectivity index (χ4n) is 2.92. The number of rotatable bonds is 9. The first kappa shape index (κ1) is 35.4. The van der Waals surface area contributed by atoms with Gasteiger partial charge in [0.25, 0.3) is 0 Å². The van der Waals surface area contributed by atoms with E-state index in [0.29, 0.717) is 0 Å². The molecule has 1 fully saturated rings. The minimum absolute atomic E-state index is 0. The SMILES string of the molecule is CN(C)S(=O)(=O)Nc1ccc(/C=C/c2ccc(NC(=S)NC3CC3)cc2S(=O)(=O)[O-])c(S(=O)(=O)[O-])c1.[Na+].[Na+]. The van der Waals surface area contributed by atoms with E-state index in [2.05, 4.69) is 15.4 Å². The number of nitrogens with one attached hydrogen (secondary N) is 3. The number of thiocarbonyl (C=S) groups is 1. The van der Waals surface area contributed by atoms with Crippen LogP contribution in [0.4, 0.5) is 11.4 Å². The van der Waals surface area contributed by atoms with Crippen LogP contribution in [0.15, 0.2) is 46.2 Å². The molecule has 38 heavy (non-hydrogen) atoms. The van der Waals surface area contributed by atoms with Gasteiger partial charge in [-0.3, -0.25) is 4.72 Å². The summed E-state index contributed by atoms with van der Waals surface area (Å²) in [5, 5.41) is 6.08. The Morgan fingerprint density at radius 1 is 0.868 bits per heavy atom. The van der Waals surface area contributed by atoms with E-state index < -0.39 is 40.2 Å². The summed E-state index contributed by atoms with van der Waals surface area (Å²) < 4.78 is 98.1. The largest absolute Gasteiger partial charge is 1.00 e. The van der Waals surface area contributed by atoms with Crippen LogP contribution in [-0.2, 0) is 30.4 Å². The Hall–Kier alpha value is -0.600. The van der Waals surface area contributed by atoms with Crippen molar-refractivity contribution in [3.8, 4) is 0 Å². The number of benzene rings is 2. The molecule has 196 valence electrons. The molecule has 1 aliphatic carbocycles. The molecule has 1 aliphatic rings. The van der Waals surface area contributed by atoms with E-state index in [1.165, 1.54) is 32.3 Å². The standard InChI is InChI=1S/C20H24N4O8S4.2Na/c1-24(2)36(31,32)23-17-8-6-14(19(12-17)35(28,29)30)4-3-13-5-7-16(11-18(13)34(25,26)27)22-20(33)21-15-9-10-15;;/h3-8,11-12,15,23H,9-10H2,1-2H3,(H2,21,22,33)(H,25,26,27)(H,28,29,30);;/q;2*+1/p-2/b4-3+;;. The Bertz CT molecular complexity index is 1540. The third-order valence-electron chi connectivity index (χ3n) is 4.91. The van der Waals surface area contributed by atoms with Crippen LogP contribution in [0, 0.1) is 0 Å². The Balaban J connectivity index is 0.00000361. The van der Waals surface area contributed by atoms with E-state index in [1.54, 1.807) is 0 Å². The normalized spacial score (nSPS) is 13.9. The quantitative estimate of drug-likeness (QED) is 0.106. The second-order valence-electron chi connectivity index (χ2n) is 8.01. The van der Waals surface area contributed by atoms with Crippen molar-refractivity contribution >= 4 is 71.3 Å². The van der Waals surface area contributed by atoms with Crippen LogP contribution < -0.4 is 74.5 Å². The molecule has 0 aliphatic heterocycles. The molecular weight excluding hydrogens is 598 g/mol. The fraction of sp³-hybridized carbons (Fsp3) is 0.250. The average Bonchev–Trinajstić information content (AvgIpc) is 3.55. The van der Waals surface area contributed by atoms with E-state index in [-0.39, 0.29) is 92.8 Å². The van der Waals surface area contributed by atoms with Gasteiger partial charge in [-0.1, -0.05) is 24.3 Å². The van der Waals surface area contributed by atoms with Crippen LogP contribution in [0.5, 0.6) is 0 Å². The summed E-state index contributed by atoms with van der Waals surface area (Å²) >= 11 is 5.15. The molecule has 0 saturated heterocycles. The molecule has 3 rings (SSSR count). The van der Waals surface area contributed by atoms with Crippen LogP contribution in [0.1, 0.15) is 24.0 Å². The van der Waals surface area contributed by atoms with Gasteiger partial charge in [0.2, 0.25) is 0 Å². The van der Waals surface area contributed by atoms with Crippen LogP contribution >= 0.6 is 12.2 Å². The summed E-state index contributed by atoms with van der Waals surface area (Å²) in [4.78, 5) is -1.35.